The molecular formula is C27H24ClHfN4O4S-. The minimum Gasteiger partial charge on any atom is -0.495 e. The summed E-state index contributed by atoms with van der Waals surface area (Å²) in [6.45, 7) is 0.0196. The van der Waals surface area contributed by atoms with Gasteiger partial charge in [-0.25, -0.2) is 24.0 Å². The van der Waals surface area contributed by atoms with Gasteiger partial charge in [-0.1, -0.05) is 59.6 Å². The van der Waals surface area contributed by atoms with Crippen molar-refractivity contribution in [3.05, 3.63) is 89.2 Å². The molecule has 194 valence electrons. The van der Waals surface area contributed by atoms with Gasteiger partial charge >= 0.3 is 6.03 Å². The molecule has 0 bridgehead atoms. The SMILES string of the molecule is COc1ccc(Cl)cc1S(=O)(=O)NC(=O)NC[C-]=C1CCCc2cnn(-c3ccc4ccccc4c3)c21.[Hf]. The predicted molar refractivity (Wildman–Crippen MR) is 142 cm³/mol. The van der Waals surface area contributed by atoms with E-state index in [2.05, 4.69) is 40.8 Å². The molecule has 1 heterocycles. The number of amides is 2. The summed E-state index contributed by atoms with van der Waals surface area (Å²) in [6, 6.07) is 17.6. The third kappa shape index (κ3) is 5.87. The molecule has 0 unspecified atom stereocenters. The number of sulfonamides is 1. The van der Waals surface area contributed by atoms with Crippen LogP contribution in [0.1, 0.15) is 24.1 Å². The first-order valence-electron chi connectivity index (χ1n) is 11.7. The number of hydrogen-bond acceptors (Lipinski definition) is 5. The van der Waals surface area contributed by atoms with Gasteiger partial charge in [-0.3, -0.25) is 0 Å². The average molecular weight is 715 g/mol. The molecule has 11 heteroatoms. The molecule has 1 aromatic heterocycles. The molecule has 4 aromatic rings. The molecule has 2 amide bonds. The van der Waals surface area contributed by atoms with Crippen LogP contribution >= 0.6 is 11.6 Å². The van der Waals surface area contributed by atoms with Crippen LogP contribution in [0.2, 0.25) is 5.02 Å². The van der Waals surface area contributed by atoms with Gasteiger partial charge in [0.05, 0.1) is 7.11 Å². The number of allylic oxidation sites excluding steroid dienone is 1. The molecule has 38 heavy (non-hydrogen) atoms. The van der Waals surface area contributed by atoms with E-state index >= 15 is 0 Å². The van der Waals surface area contributed by atoms with Crippen molar-refractivity contribution in [3.63, 3.8) is 0 Å². The second-order valence-corrected chi connectivity index (χ2v) is 10.6. The van der Waals surface area contributed by atoms with Gasteiger partial charge in [-0.05, 0) is 60.5 Å². The average Bonchev–Trinajstić information content (AvgIpc) is 3.33. The summed E-state index contributed by atoms with van der Waals surface area (Å²) in [5.74, 6) is 0.0788. The number of halogens is 1. The number of carbonyl (C=O) groups is 1. The molecule has 2 N–H and O–H groups in total. The number of nitrogens with one attached hydrogen (secondary N) is 2. The Morgan fingerprint density at radius 2 is 1.89 bits per heavy atom. The zero-order valence-corrected chi connectivity index (χ0v) is 25.7. The number of aryl methyl sites for hydroxylation is 1. The number of methoxy groups -OCH3 is 1. The van der Waals surface area contributed by atoms with Crippen molar-refractivity contribution in [2.75, 3.05) is 13.7 Å². The monoisotopic (exact) mass is 715 g/mol. The van der Waals surface area contributed by atoms with E-state index in [4.69, 9.17) is 16.3 Å². The Morgan fingerprint density at radius 3 is 2.68 bits per heavy atom. The number of aromatic nitrogens is 2. The van der Waals surface area contributed by atoms with Gasteiger partial charge in [0.2, 0.25) is 0 Å². The standard InChI is InChI=1S/C27H24ClN4O4S.Hf/c1-36-24-12-10-22(28)16-25(24)37(34,35)31-27(33)29-14-13-19-7-4-8-21-17-30-32(26(19)21)23-11-9-18-5-2-3-6-20(18)15-23;/h2-3,5-6,9-12,15-17H,4,7-8,14H2,1H3,(H2,29,31,33);/q-1;. The van der Waals surface area contributed by atoms with Crippen LogP contribution in [0.15, 0.2) is 71.8 Å². The Kier molecular flexibility index (Phi) is 8.74. The van der Waals surface area contributed by atoms with Crippen LogP contribution in [0.4, 0.5) is 4.79 Å². The van der Waals surface area contributed by atoms with Crippen molar-refractivity contribution in [1.82, 2.24) is 19.8 Å². The summed E-state index contributed by atoms with van der Waals surface area (Å²) < 4.78 is 34.4. The first kappa shape index (κ1) is 28.1. The van der Waals surface area contributed by atoms with E-state index in [0.29, 0.717) is 0 Å². The smallest absolute Gasteiger partial charge is 0.327 e. The van der Waals surface area contributed by atoms with Gasteiger partial charge in [-0.15, -0.1) is 0 Å². The van der Waals surface area contributed by atoms with E-state index < -0.39 is 16.1 Å². The minimum absolute atomic E-state index is 0. The van der Waals surface area contributed by atoms with Crippen LogP contribution in [-0.2, 0) is 42.3 Å². The molecule has 0 atom stereocenters. The zero-order chi connectivity index (χ0) is 26.0. The van der Waals surface area contributed by atoms with Crippen molar-refractivity contribution in [2.45, 2.75) is 24.2 Å². The van der Waals surface area contributed by atoms with E-state index in [0.717, 1.165) is 52.6 Å². The molecule has 0 spiro atoms. The Bertz CT molecular complexity index is 1640. The van der Waals surface area contributed by atoms with Crippen LogP contribution in [-0.4, -0.2) is 37.9 Å². The van der Waals surface area contributed by atoms with Crippen molar-refractivity contribution in [3.8, 4) is 11.4 Å². The summed E-state index contributed by atoms with van der Waals surface area (Å²) in [5.41, 5.74) is 3.93. The number of ether oxygens (including phenoxy) is 1. The molecule has 0 fully saturated rings. The van der Waals surface area contributed by atoms with E-state index in [1.165, 1.54) is 25.3 Å². The van der Waals surface area contributed by atoms with E-state index in [1.54, 1.807) is 0 Å². The van der Waals surface area contributed by atoms with Crippen molar-refractivity contribution in [1.29, 1.82) is 0 Å². The fourth-order valence-corrected chi connectivity index (χ4v) is 5.80. The van der Waals surface area contributed by atoms with Crippen molar-refractivity contribution >= 4 is 44.0 Å². The normalized spacial score (nSPS) is 14.0. The molecule has 0 radical (unpaired) electrons. The number of carbonyl (C=O) groups excluding carboxylic acids is 1. The summed E-state index contributed by atoms with van der Waals surface area (Å²) >= 11 is 5.94. The Balaban J connectivity index is 0.00000336. The molecule has 8 nitrogen and oxygen atoms in total. The Labute approximate surface area is 244 Å². The summed E-state index contributed by atoms with van der Waals surface area (Å²) in [4.78, 5) is 12.2. The van der Waals surface area contributed by atoms with E-state index in [-0.39, 0.29) is 48.1 Å². The van der Waals surface area contributed by atoms with Gasteiger partial charge in [0.1, 0.15) is 10.6 Å². The van der Waals surface area contributed by atoms with E-state index in [9.17, 15) is 13.2 Å². The summed E-state index contributed by atoms with van der Waals surface area (Å²) in [6.07, 6.45) is 7.73. The van der Waals surface area contributed by atoms with Crippen molar-refractivity contribution < 1.29 is 43.8 Å². The second-order valence-electron chi connectivity index (χ2n) is 8.55. The Hall–Kier alpha value is -2.95. The quantitative estimate of drug-likeness (QED) is 0.219. The number of benzene rings is 3. The predicted octanol–water partition coefficient (Wildman–Crippen LogP) is 4.90. The van der Waals surface area contributed by atoms with E-state index in [1.807, 2.05) is 33.8 Å². The molecule has 5 rings (SSSR count). The maximum atomic E-state index is 12.7. The van der Waals surface area contributed by atoms with Gasteiger partial charge in [-0.2, -0.15) is 10.7 Å². The zero-order valence-electron chi connectivity index (χ0n) is 20.5. The van der Waals surface area contributed by atoms with Crippen LogP contribution < -0.4 is 14.8 Å². The van der Waals surface area contributed by atoms with Gasteiger partial charge in [0.15, 0.2) is 0 Å². The first-order chi connectivity index (χ1) is 17.9. The molecule has 1 aliphatic carbocycles. The number of hydrogen-bond donors (Lipinski definition) is 2. The number of urea groups is 1. The third-order valence-corrected chi connectivity index (χ3v) is 7.76. The first-order valence-corrected chi connectivity index (χ1v) is 13.5. The molecular weight excluding hydrogens is 690 g/mol. The summed E-state index contributed by atoms with van der Waals surface area (Å²) in [5, 5.41) is 9.65. The molecule has 0 aliphatic heterocycles. The Morgan fingerprint density at radius 1 is 1.11 bits per heavy atom. The second kappa shape index (κ2) is 11.8. The largest absolute Gasteiger partial charge is 0.495 e. The molecule has 0 saturated carbocycles. The topological polar surface area (TPSA) is 102 Å². The van der Waals surface area contributed by atoms with Crippen LogP contribution in [0.3, 0.4) is 0 Å². The third-order valence-electron chi connectivity index (χ3n) is 6.17. The maximum Gasteiger partial charge on any atom is 0.327 e. The fourth-order valence-electron chi connectivity index (χ4n) is 4.44. The fraction of sp³-hybridized carbons (Fsp3) is 0.185. The van der Waals surface area contributed by atoms with Crippen LogP contribution in [0, 0.1) is 6.08 Å². The summed E-state index contributed by atoms with van der Waals surface area (Å²) in [7, 11) is -2.86. The van der Waals surface area contributed by atoms with Gasteiger partial charge in [0, 0.05) is 42.8 Å². The maximum absolute atomic E-state index is 12.7. The van der Waals surface area contributed by atoms with Gasteiger partial charge < -0.3 is 14.7 Å². The number of nitrogens with zero attached hydrogens (tertiary/aromatic N) is 2. The minimum atomic E-state index is -4.20. The molecule has 1 aliphatic rings. The van der Waals surface area contributed by atoms with Crippen LogP contribution in [0.25, 0.3) is 22.0 Å². The number of fused-ring (bicyclic) bond motifs is 2. The number of rotatable bonds is 6. The van der Waals surface area contributed by atoms with Gasteiger partial charge in [0.25, 0.3) is 10.0 Å². The van der Waals surface area contributed by atoms with Crippen molar-refractivity contribution in [2.24, 2.45) is 0 Å². The molecule has 3 aromatic carbocycles. The van der Waals surface area contributed by atoms with Crippen LogP contribution in [0.5, 0.6) is 5.75 Å². The molecule has 0 saturated heterocycles.